The number of hydrogen-bond acceptors (Lipinski definition) is 8. The Morgan fingerprint density at radius 2 is 1.92 bits per heavy atom. The van der Waals surface area contributed by atoms with E-state index >= 15 is 0 Å². The van der Waals surface area contributed by atoms with E-state index in [0.717, 1.165) is 11.5 Å². The van der Waals surface area contributed by atoms with Crippen LogP contribution in [0, 0.1) is 5.82 Å². The molecule has 0 radical (unpaired) electrons. The molecular formula is C24H23F4N3O4S2. The lowest BCUT2D eigenvalue weighted by Crippen LogP contribution is -2.55. The van der Waals surface area contributed by atoms with Gasteiger partial charge in [0, 0.05) is 37.0 Å². The van der Waals surface area contributed by atoms with Gasteiger partial charge >= 0.3 is 6.18 Å². The van der Waals surface area contributed by atoms with Gasteiger partial charge in [0.1, 0.15) is 28.7 Å². The summed E-state index contributed by atoms with van der Waals surface area (Å²) in [5.41, 5.74) is -1.78. The molecule has 13 heteroatoms. The molecule has 2 aromatic carbocycles. The summed E-state index contributed by atoms with van der Waals surface area (Å²) in [6, 6.07) is 8.49. The number of fused-ring (bicyclic) bond motifs is 1. The molecule has 3 aromatic rings. The van der Waals surface area contributed by atoms with Gasteiger partial charge < -0.3 is 9.84 Å². The standard InChI is InChI=1S/C24H23F4N3O4S2/c25-16-3-1-15(2-4-16)20-12-23(32,24(26,27)28)8-9-31(20)19-7-10-35-21-11-17(5-6-18(19)21)37(33,34)13-22-29-14-30-36-22/h1-6,11,14,19-20,32H,7-10,12-13H2/t19-,20-,23-/m0/s1. The summed E-state index contributed by atoms with van der Waals surface area (Å²) in [6.07, 6.45) is -4.21. The van der Waals surface area contributed by atoms with Crippen LogP contribution in [-0.4, -0.2) is 52.7 Å². The Morgan fingerprint density at radius 3 is 2.59 bits per heavy atom. The Labute approximate surface area is 214 Å². The van der Waals surface area contributed by atoms with Gasteiger partial charge in [-0.3, -0.25) is 4.90 Å². The van der Waals surface area contributed by atoms with Crippen LogP contribution in [0.1, 0.15) is 47.5 Å². The summed E-state index contributed by atoms with van der Waals surface area (Å²) in [5.74, 6) is -0.491. The summed E-state index contributed by atoms with van der Waals surface area (Å²) in [7, 11) is -3.73. The fourth-order valence-corrected chi connectivity index (χ4v) is 7.14. The van der Waals surface area contributed by atoms with Crippen molar-refractivity contribution in [1.29, 1.82) is 0 Å². The van der Waals surface area contributed by atoms with E-state index in [1.54, 1.807) is 6.07 Å². The van der Waals surface area contributed by atoms with Gasteiger partial charge in [0.05, 0.1) is 11.5 Å². The van der Waals surface area contributed by atoms with Crippen molar-refractivity contribution >= 4 is 21.4 Å². The molecule has 3 atom stereocenters. The molecule has 5 rings (SSSR count). The average molecular weight is 558 g/mol. The summed E-state index contributed by atoms with van der Waals surface area (Å²) in [6.45, 7) is 0.160. The van der Waals surface area contributed by atoms with Crippen LogP contribution >= 0.6 is 11.5 Å². The highest BCUT2D eigenvalue weighted by Crippen LogP contribution is 2.50. The third kappa shape index (κ3) is 5.09. The molecule has 37 heavy (non-hydrogen) atoms. The van der Waals surface area contributed by atoms with Crippen LogP contribution in [0.3, 0.4) is 0 Å². The topological polar surface area (TPSA) is 92.6 Å². The van der Waals surface area contributed by atoms with E-state index in [4.69, 9.17) is 4.74 Å². The third-order valence-electron chi connectivity index (χ3n) is 6.97. The number of likely N-dealkylation sites (tertiary alicyclic amines) is 1. The van der Waals surface area contributed by atoms with Gasteiger partial charge in [-0.2, -0.15) is 17.5 Å². The van der Waals surface area contributed by atoms with Crippen molar-refractivity contribution in [2.45, 2.75) is 53.8 Å². The Bertz CT molecular complexity index is 1370. The number of sulfone groups is 1. The molecule has 0 spiro atoms. The van der Waals surface area contributed by atoms with Crippen LogP contribution in [-0.2, 0) is 15.6 Å². The molecule has 1 fully saturated rings. The van der Waals surface area contributed by atoms with Crippen molar-refractivity contribution in [3.05, 3.63) is 70.7 Å². The maximum atomic E-state index is 13.8. The Balaban J connectivity index is 1.48. The zero-order valence-electron chi connectivity index (χ0n) is 19.4. The van der Waals surface area contributed by atoms with Crippen molar-refractivity contribution in [3.8, 4) is 5.75 Å². The predicted octanol–water partition coefficient (Wildman–Crippen LogP) is 4.61. The van der Waals surface area contributed by atoms with Crippen LogP contribution in [0.2, 0.25) is 0 Å². The molecule has 198 valence electrons. The minimum Gasteiger partial charge on any atom is -0.493 e. The molecule has 3 heterocycles. The minimum absolute atomic E-state index is 0.0438. The summed E-state index contributed by atoms with van der Waals surface area (Å²) in [4.78, 5) is 5.83. The Morgan fingerprint density at radius 1 is 1.16 bits per heavy atom. The van der Waals surface area contributed by atoms with Crippen molar-refractivity contribution in [3.63, 3.8) is 0 Å². The van der Waals surface area contributed by atoms with Gasteiger partial charge in [-0.05, 0) is 47.8 Å². The van der Waals surface area contributed by atoms with Crippen molar-refractivity contribution in [2.75, 3.05) is 13.2 Å². The second kappa shape index (κ2) is 9.61. The maximum absolute atomic E-state index is 13.8. The second-order valence-corrected chi connectivity index (χ2v) is 12.1. The van der Waals surface area contributed by atoms with Crippen molar-refractivity contribution in [2.24, 2.45) is 0 Å². The van der Waals surface area contributed by atoms with Gasteiger partial charge in [0.25, 0.3) is 0 Å². The number of aliphatic hydroxyl groups is 1. The van der Waals surface area contributed by atoms with Crippen LogP contribution in [0.4, 0.5) is 17.6 Å². The molecule has 1 N–H and O–H groups in total. The second-order valence-electron chi connectivity index (χ2n) is 9.24. The smallest absolute Gasteiger partial charge is 0.417 e. The third-order valence-corrected chi connectivity index (χ3v) is 9.44. The molecule has 0 aliphatic carbocycles. The lowest BCUT2D eigenvalue weighted by molar-refractivity contribution is -0.280. The van der Waals surface area contributed by atoms with E-state index in [2.05, 4.69) is 9.36 Å². The number of alkyl halides is 3. The number of ether oxygens (including phenoxy) is 1. The molecule has 0 amide bonds. The normalized spacial score (nSPS) is 24.9. The molecule has 2 aliphatic rings. The molecule has 0 unspecified atom stereocenters. The summed E-state index contributed by atoms with van der Waals surface area (Å²) >= 11 is 0.991. The van der Waals surface area contributed by atoms with Crippen LogP contribution < -0.4 is 4.74 Å². The number of piperidine rings is 1. The van der Waals surface area contributed by atoms with E-state index in [1.165, 1.54) is 42.7 Å². The van der Waals surface area contributed by atoms with E-state index in [0.29, 0.717) is 28.3 Å². The monoisotopic (exact) mass is 557 g/mol. The number of nitrogens with zero attached hydrogens (tertiary/aromatic N) is 3. The highest BCUT2D eigenvalue weighted by atomic mass is 32.2. The first-order valence-electron chi connectivity index (χ1n) is 11.5. The van der Waals surface area contributed by atoms with Crippen molar-refractivity contribution in [1.82, 2.24) is 14.3 Å². The average Bonchev–Trinajstić information content (AvgIpc) is 3.35. The lowest BCUT2D eigenvalue weighted by Gasteiger charge is -2.48. The minimum atomic E-state index is -4.82. The first-order valence-corrected chi connectivity index (χ1v) is 13.9. The Kier molecular flexibility index (Phi) is 6.75. The molecule has 1 aromatic heterocycles. The molecular weight excluding hydrogens is 534 g/mol. The van der Waals surface area contributed by atoms with Crippen LogP contribution in [0.25, 0.3) is 0 Å². The van der Waals surface area contributed by atoms with Gasteiger partial charge in [-0.1, -0.05) is 18.2 Å². The fraction of sp³-hybridized carbons (Fsp3) is 0.417. The van der Waals surface area contributed by atoms with E-state index in [9.17, 15) is 31.1 Å². The van der Waals surface area contributed by atoms with E-state index in [1.807, 2.05) is 4.90 Å². The highest BCUT2D eigenvalue weighted by molar-refractivity contribution is 7.90. The molecule has 2 aliphatic heterocycles. The zero-order valence-corrected chi connectivity index (χ0v) is 21.0. The number of halogens is 4. The number of aromatic nitrogens is 2. The van der Waals surface area contributed by atoms with Crippen LogP contribution in [0.5, 0.6) is 5.75 Å². The maximum Gasteiger partial charge on any atom is 0.417 e. The summed E-state index contributed by atoms with van der Waals surface area (Å²) < 4.78 is 90.3. The highest BCUT2D eigenvalue weighted by Gasteiger charge is 2.57. The zero-order chi connectivity index (χ0) is 26.4. The fourth-order valence-electron chi connectivity index (χ4n) is 5.03. The number of hydrogen-bond donors (Lipinski definition) is 1. The van der Waals surface area contributed by atoms with Crippen molar-refractivity contribution < 1.29 is 35.8 Å². The van der Waals surface area contributed by atoms with E-state index < -0.39 is 52.4 Å². The van der Waals surface area contributed by atoms with Gasteiger partial charge in [-0.15, -0.1) is 0 Å². The SMILES string of the molecule is O=S(=O)(Cc1ncns1)c1ccc2c(c1)OCC[C@@H]2N1CC[C@@](O)(C(F)(F)F)C[C@H]1c1ccc(F)cc1. The Hall–Kier alpha value is -2.61. The van der Waals surface area contributed by atoms with Crippen LogP contribution in [0.15, 0.2) is 53.7 Å². The first kappa shape index (κ1) is 26.0. The van der Waals surface area contributed by atoms with Gasteiger partial charge in [0.2, 0.25) is 0 Å². The van der Waals surface area contributed by atoms with Gasteiger partial charge in [-0.25, -0.2) is 17.8 Å². The van der Waals surface area contributed by atoms with E-state index in [-0.39, 0.29) is 23.8 Å². The van der Waals surface area contributed by atoms with Gasteiger partial charge in [0.15, 0.2) is 15.4 Å². The molecule has 1 saturated heterocycles. The molecule has 0 bridgehead atoms. The first-order chi connectivity index (χ1) is 17.5. The number of benzene rings is 2. The largest absolute Gasteiger partial charge is 0.493 e. The lowest BCUT2D eigenvalue weighted by atomic mass is 9.81. The molecule has 0 saturated carbocycles. The predicted molar refractivity (Wildman–Crippen MR) is 126 cm³/mol. The summed E-state index contributed by atoms with van der Waals surface area (Å²) in [5, 5.41) is 10.9. The molecule has 7 nitrogen and oxygen atoms in total. The quantitative estimate of drug-likeness (QED) is 0.458. The number of rotatable bonds is 5.